The Morgan fingerprint density at radius 3 is 2.48 bits per heavy atom. The lowest BCUT2D eigenvalue weighted by Gasteiger charge is -2.16. The number of rotatable bonds is 7. The maximum atomic E-state index is 9.09. The molecule has 1 aromatic carbocycles. The van der Waals surface area contributed by atoms with Crippen LogP contribution < -0.4 is 0 Å². The second kappa shape index (κ2) is 7.02. The Morgan fingerprint density at radius 2 is 1.86 bits per heavy atom. The van der Waals surface area contributed by atoms with Crippen molar-refractivity contribution in [2.24, 2.45) is 0 Å². The molecule has 21 heavy (non-hydrogen) atoms. The highest BCUT2D eigenvalue weighted by Crippen LogP contribution is 2.19. The molecule has 0 radical (unpaired) electrons. The number of aliphatic hydroxyl groups excluding tert-OH is 1. The monoisotopic (exact) mass is 304 g/mol. The fourth-order valence-corrected chi connectivity index (χ4v) is 2.75. The van der Waals surface area contributed by atoms with Crippen LogP contribution >= 0.6 is 0 Å². The first kappa shape index (κ1) is 15.9. The lowest BCUT2D eigenvalue weighted by Crippen LogP contribution is -2.22. The van der Waals surface area contributed by atoms with Gasteiger partial charge in [0.15, 0.2) is 0 Å². The number of aliphatic hydroxyl groups is 1. The molecule has 2 rings (SSSR count). The minimum Gasteiger partial charge on any atom is -0.392 e. The molecular weight excluding hydrogens is 280 g/mol. The molecule has 1 aromatic heterocycles. The minimum absolute atomic E-state index is 0.0688. The lowest BCUT2D eigenvalue weighted by molar-refractivity contribution is 0.0798. The molecule has 0 saturated heterocycles. The highest BCUT2D eigenvalue weighted by Gasteiger charge is 2.12. The molecule has 0 unspecified atom stereocenters. The van der Waals surface area contributed by atoms with Gasteiger partial charge in [-0.05, 0) is 23.2 Å². The fraction of sp³-hybridized carbons (Fsp3) is 0.438. The topological polar surface area (TPSA) is 47.3 Å². The SMILES string of the molecule is C[Si](C)(C)CCOCn1nccc1-c1ccc(CO)cc1. The van der Waals surface area contributed by atoms with Crippen LogP contribution in [0.15, 0.2) is 36.5 Å². The van der Waals surface area contributed by atoms with E-state index in [1.807, 2.05) is 35.0 Å². The van der Waals surface area contributed by atoms with E-state index < -0.39 is 8.07 Å². The summed E-state index contributed by atoms with van der Waals surface area (Å²) in [4.78, 5) is 0. The number of nitrogens with zero attached hydrogens (tertiary/aromatic N) is 2. The van der Waals surface area contributed by atoms with Crippen LogP contribution in [0.3, 0.4) is 0 Å². The summed E-state index contributed by atoms with van der Waals surface area (Å²) in [5.41, 5.74) is 3.03. The zero-order valence-corrected chi connectivity index (χ0v) is 14.0. The number of aromatic nitrogens is 2. The molecule has 1 N–H and O–H groups in total. The van der Waals surface area contributed by atoms with Gasteiger partial charge in [0, 0.05) is 20.9 Å². The number of hydrogen-bond acceptors (Lipinski definition) is 3. The standard InChI is InChI=1S/C16H24N2O2Si/c1-21(2,3)11-10-20-13-18-16(8-9-17-18)15-6-4-14(12-19)5-7-15/h4-9,19H,10-13H2,1-3H3. The van der Waals surface area contributed by atoms with E-state index in [4.69, 9.17) is 9.84 Å². The molecule has 0 fully saturated rings. The summed E-state index contributed by atoms with van der Waals surface area (Å²) in [6.45, 7) is 8.38. The van der Waals surface area contributed by atoms with Crippen LogP contribution in [0.1, 0.15) is 5.56 Å². The summed E-state index contributed by atoms with van der Waals surface area (Å²) in [5.74, 6) is 0. The zero-order valence-electron chi connectivity index (χ0n) is 13.0. The quantitative estimate of drug-likeness (QED) is 0.630. The summed E-state index contributed by atoms with van der Waals surface area (Å²) in [6.07, 6.45) is 1.79. The molecule has 5 heteroatoms. The smallest absolute Gasteiger partial charge is 0.139 e. The summed E-state index contributed by atoms with van der Waals surface area (Å²) in [6, 6.07) is 11.0. The second-order valence-corrected chi connectivity index (χ2v) is 12.0. The molecule has 2 aromatic rings. The van der Waals surface area contributed by atoms with Crippen molar-refractivity contribution in [1.29, 1.82) is 0 Å². The van der Waals surface area contributed by atoms with Crippen LogP contribution in [-0.2, 0) is 18.1 Å². The number of benzene rings is 1. The third-order valence-corrected chi connectivity index (χ3v) is 5.06. The molecule has 0 aliphatic heterocycles. The van der Waals surface area contributed by atoms with Crippen LogP contribution in [-0.4, -0.2) is 29.6 Å². The largest absolute Gasteiger partial charge is 0.392 e. The van der Waals surface area contributed by atoms with Gasteiger partial charge in [0.25, 0.3) is 0 Å². The van der Waals surface area contributed by atoms with E-state index in [2.05, 4.69) is 24.7 Å². The van der Waals surface area contributed by atoms with Crippen LogP contribution in [0.5, 0.6) is 0 Å². The van der Waals surface area contributed by atoms with Crippen LogP contribution in [0.4, 0.5) is 0 Å². The third kappa shape index (κ3) is 4.80. The van der Waals surface area contributed by atoms with Gasteiger partial charge < -0.3 is 9.84 Å². The first-order valence-electron chi connectivity index (χ1n) is 7.29. The maximum Gasteiger partial charge on any atom is 0.139 e. The van der Waals surface area contributed by atoms with E-state index in [0.717, 1.165) is 29.5 Å². The average Bonchev–Trinajstić information content (AvgIpc) is 2.91. The predicted octanol–water partition coefficient (Wildman–Crippen LogP) is 3.35. The molecule has 0 atom stereocenters. The van der Waals surface area contributed by atoms with Gasteiger partial charge in [-0.25, -0.2) is 4.68 Å². The Bertz CT molecular complexity index is 558. The van der Waals surface area contributed by atoms with Gasteiger partial charge >= 0.3 is 0 Å². The minimum atomic E-state index is -1.05. The maximum absolute atomic E-state index is 9.09. The summed E-state index contributed by atoms with van der Waals surface area (Å²) < 4.78 is 7.63. The Labute approximate surface area is 127 Å². The molecule has 0 saturated carbocycles. The van der Waals surface area contributed by atoms with Gasteiger partial charge in [0.05, 0.1) is 12.3 Å². The highest BCUT2D eigenvalue weighted by molar-refractivity contribution is 6.76. The first-order valence-corrected chi connectivity index (χ1v) is 11.0. The van der Waals surface area contributed by atoms with Crippen molar-refractivity contribution in [2.75, 3.05) is 6.61 Å². The Morgan fingerprint density at radius 1 is 1.14 bits per heavy atom. The highest BCUT2D eigenvalue weighted by atomic mass is 28.3. The molecule has 0 aliphatic rings. The molecule has 0 spiro atoms. The van der Waals surface area contributed by atoms with Crippen molar-refractivity contribution in [2.45, 2.75) is 39.0 Å². The van der Waals surface area contributed by atoms with Gasteiger partial charge in [-0.15, -0.1) is 0 Å². The average molecular weight is 304 g/mol. The molecule has 4 nitrogen and oxygen atoms in total. The Kier molecular flexibility index (Phi) is 5.33. The molecule has 0 bridgehead atoms. The molecule has 0 amide bonds. The van der Waals surface area contributed by atoms with E-state index in [-0.39, 0.29) is 6.61 Å². The van der Waals surface area contributed by atoms with Gasteiger partial charge in [-0.1, -0.05) is 43.9 Å². The van der Waals surface area contributed by atoms with Crippen molar-refractivity contribution in [3.05, 3.63) is 42.1 Å². The van der Waals surface area contributed by atoms with Gasteiger partial charge in [0.2, 0.25) is 0 Å². The van der Waals surface area contributed by atoms with Crippen molar-refractivity contribution < 1.29 is 9.84 Å². The molecule has 1 heterocycles. The normalized spacial score (nSPS) is 11.8. The summed E-state index contributed by atoms with van der Waals surface area (Å²) in [5, 5.41) is 13.4. The van der Waals surface area contributed by atoms with Crippen molar-refractivity contribution >= 4 is 8.07 Å². The van der Waals surface area contributed by atoms with Crippen LogP contribution in [0, 0.1) is 0 Å². The van der Waals surface area contributed by atoms with Crippen LogP contribution in [0.2, 0.25) is 25.7 Å². The molecule has 0 aliphatic carbocycles. The predicted molar refractivity (Wildman–Crippen MR) is 87.7 cm³/mol. The first-order chi connectivity index (χ1) is 9.99. The molecular formula is C16H24N2O2Si. The van der Waals surface area contributed by atoms with E-state index in [0.29, 0.717) is 6.73 Å². The van der Waals surface area contributed by atoms with E-state index >= 15 is 0 Å². The van der Waals surface area contributed by atoms with Crippen molar-refractivity contribution in [1.82, 2.24) is 9.78 Å². The molecule has 114 valence electrons. The van der Waals surface area contributed by atoms with Crippen molar-refractivity contribution in [3.63, 3.8) is 0 Å². The number of ether oxygens (including phenoxy) is 1. The van der Waals surface area contributed by atoms with E-state index in [9.17, 15) is 0 Å². The number of hydrogen-bond donors (Lipinski definition) is 1. The summed E-state index contributed by atoms with van der Waals surface area (Å²) in [7, 11) is -1.05. The Balaban J connectivity index is 1.98. The van der Waals surface area contributed by atoms with Gasteiger partial charge in [-0.3, -0.25) is 0 Å². The zero-order chi connectivity index (χ0) is 15.3. The van der Waals surface area contributed by atoms with Crippen LogP contribution in [0.25, 0.3) is 11.3 Å². The van der Waals surface area contributed by atoms with Gasteiger partial charge in [0.1, 0.15) is 6.73 Å². The summed E-state index contributed by atoms with van der Waals surface area (Å²) >= 11 is 0. The fourth-order valence-electron chi connectivity index (χ4n) is 1.99. The van der Waals surface area contributed by atoms with E-state index in [1.165, 1.54) is 0 Å². The lowest BCUT2D eigenvalue weighted by atomic mass is 10.1. The van der Waals surface area contributed by atoms with Crippen molar-refractivity contribution in [3.8, 4) is 11.3 Å². The third-order valence-electron chi connectivity index (χ3n) is 3.36. The van der Waals surface area contributed by atoms with Gasteiger partial charge in [-0.2, -0.15) is 5.10 Å². The Hall–Kier alpha value is -1.43. The van der Waals surface area contributed by atoms with E-state index in [1.54, 1.807) is 6.20 Å². The second-order valence-electron chi connectivity index (χ2n) is 6.42.